The van der Waals surface area contributed by atoms with Gasteiger partial charge in [-0.3, -0.25) is 4.79 Å². The maximum Gasteiger partial charge on any atom is 0.133 e. The Morgan fingerprint density at radius 2 is 1.28 bits per heavy atom. The Morgan fingerprint density at radius 3 is 1.56 bits per heavy atom. The molecule has 0 saturated heterocycles. The van der Waals surface area contributed by atoms with Crippen LogP contribution in [-0.4, -0.2) is 16.5 Å². The highest BCUT2D eigenvalue weighted by Crippen LogP contribution is 2.21. The van der Waals surface area contributed by atoms with E-state index in [4.69, 9.17) is 23.2 Å². The van der Waals surface area contributed by atoms with Crippen molar-refractivity contribution in [1.82, 2.24) is 0 Å². The number of allylic oxidation sites excluding steroid dienone is 2. The summed E-state index contributed by atoms with van der Waals surface area (Å²) < 4.78 is 2.06. The predicted octanol–water partition coefficient (Wildman–Crippen LogP) is 6.01. The normalized spacial score (nSPS) is 14.0. The van der Waals surface area contributed by atoms with Gasteiger partial charge in [0, 0.05) is 23.6 Å². The molecule has 0 aliphatic rings. The van der Waals surface area contributed by atoms with Crippen LogP contribution in [0, 0.1) is 0 Å². The molecule has 1 nitrogen and oxygen atoms in total. The average Bonchev–Trinajstić information content (AvgIpc) is 2.21. The maximum absolute atomic E-state index is 11.7. The van der Waals surface area contributed by atoms with Gasteiger partial charge in [-0.25, -0.2) is 0 Å². The van der Waals surface area contributed by atoms with Gasteiger partial charge in [0.05, 0.1) is 0 Å². The zero-order valence-corrected chi connectivity index (χ0v) is 16.1. The van der Waals surface area contributed by atoms with Crippen LogP contribution in [0.1, 0.15) is 38.5 Å². The number of hydrogen-bond acceptors (Lipinski definition) is 1. The lowest BCUT2D eigenvalue weighted by molar-refractivity contribution is -0.119. The summed E-state index contributed by atoms with van der Waals surface area (Å²) in [4.78, 5) is 11.7. The molecule has 0 rings (SSSR count). The quantitative estimate of drug-likeness (QED) is 0.258. The highest BCUT2D eigenvalue weighted by atomic mass is 127. The lowest BCUT2D eigenvalue weighted by Crippen LogP contribution is -2.07. The van der Waals surface area contributed by atoms with E-state index in [2.05, 4.69) is 58.3 Å². The van der Waals surface area contributed by atoms with E-state index < -0.39 is 0 Å². The largest absolute Gasteiger partial charge is 0.300 e. The Morgan fingerprint density at radius 1 is 0.944 bits per heavy atom. The number of ketones is 1. The van der Waals surface area contributed by atoms with Crippen molar-refractivity contribution in [2.75, 3.05) is 0 Å². The molecule has 0 aliphatic carbocycles. The minimum absolute atomic E-state index is 0.0132. The number of hydrogen-bond donors (Lipinski definition) is 0. The molecular formula is C13H18Cl2I2O. The van der Waals surface area contributed by atoms with Crippen molar-refractivity contribution in [2.45, 2.75) is 49.3 Å². The van der Waals surface area contributed by atoms with Crippen LogP contribution in [0.4, 0.5) is 0 Å². The molecule has 2 unspecified atom stereocenters. The summed E-state index contributed by atoms with van der Waals surface area (Å²) in [5, 5.41) is 0.0264. The number of rotatable bonds is 10. The van der Waals surface area contributed by atoms with Gasteiger partial charge in [-0.05, 0) is 78.0 Å². The molecule has 2 atom stereocenters. The van der Waals surface area contributed by atoms with Crippen molar-refractivity contribution >= 4 is 74.2 Å². The summed E-state index contributed by atoms with van der Waals surface area (Å²) in [6, 6.07) is 0. The van der Waals surface area contributed by atoms with Crippen LogP contribution >= 0.6 is 68.4 Å². The Bertz CT molecular complexity index is 277. The molecule has 0 amide bonds. The van der Waals surface area contributed by atoms with Crippen LogP contribution in [-0.2, 0) is 4.79 Å². The van der Waals surface area contributed by atoms with Gasteiger partial charge in [-0.15, -0.1) is 23.2 Å². The van der Waals surface area contributed by atoms with Crippen molar-refractivity contribution in [3.8, 4) is 0 Å². The monoisotopic (exact) mass is 514 g/mol. The third-order valence-electron chi connectivity index (χ3n) is 2.36. The zero-order valence-electron chi connectivity index (χ0n) is 10.2. The lowest BCUT2D eigenvalue weighted by Gasteiger charge is -2.09. The minimum Gasteiger partial charge on any atom is -0.300 e. The van der Waals surface area contributed by atoms with E-state index in [-0.39, 0.29) is 16.5 Å². The Kier molecular flexibility index (Phi) is 11.6. The van der Waals surface area contributed by atoms with Crippen LogP contribution in [0.2, 0.25) is 0 Å². The third-order valence-corrected chi connectivity index (χ3v) is 3.98. The van der Waals surface area contributed by atoms with Crippen LogP contribution in [0.3, 0.4) is 0 Å². The lowest BCUT2D eigenvalue weighted by atomic mass is 10.1. The van der Waals surface area contributed by atoms with Gasteiger partial charge in [0.25, 0.3) is 0 Å². The van der Waals surface area contributed by atoms with Crippen LogP contribution in [0.25, 0.3) is 0 Å². The van der Waals surface area contributed by atoms with Gasteiger partial charge in [-0.2, -0.15) is 0 Å². The fraction of sp³-hybridized carbons (Fsp3) is 0.615. The molecule has 0 aromatic heterocycles. The number of carbonyl (C=O) groups excluding carboxylic acids is 1. The molecule has 0 N–H and O–H groups in total. The highest BCUT2D eigenvalue weighted by Gasteiger charge is 2.12. The van der Waals surface area contributed by atoms with Crippen molar-refractivity contribution < 1.29 is 4.79 Å². The number of Topliss-reactive ketones (excluding diaryl/α,β-unsaturated/α-hetero) is 1. The van der Waals surface area contributed by atoms with Gasteiger partial charge in [-0.1, -0.05) is 13.2 Å². The fourth-order valence-corrected chi connectivity index (χ4v) is 3.62. The fourth-order valence-electron chi connectivity index (χ4n) is 1.44. The third kappa shape index (κ3) is 12.2. The SMILES string of the molecule is C=C(I)CC(Cl)CCC(=O)CCC(Cl)CC(=C)I. The first-order valence-corrected chi connectivity index (χ1v) is 8.80. The first kappa shape index (κ1) is 19.2. The second kappa shape index (κ2) is 10.9. The van der Waals surface area contributed by atoms with Gasteiger partial charge in [0.15, 0.2) is 0 Å². The average molecular weight is 515 g/mol. The zero-order chi connectivity index (χ0) is 14.1. The molecule has 0 saturated carbocycles. The van der Waals surface area contributed by atoms with E-state index in [1.165, 1.54) is 0 Å². The summed E-state index contributed by atoms with van der Waals surface area (Å²) in [5.41, 5.74) is 0. The van der Waals surface area contributed by atoms with Gasteiger partial charge in [0.1, 0.15) is 5.78 Å². The topological polar surface area (TPSA) is 17.1 Å². The minimum atomic E-state index is 0.0132. The molecule has 0 aliphatic heterocycles. The van der Waals surface area contributed by atoms with E-state index in [1.54, 1.807) is 0 Å². The Balaban J connectivity index is 3.71. The van der Waals surface area contributed by atoms with Gasteiger partial charge >= 0.3 is 0 Å². The van der Waals surface area contributed by atoms with Crippen molar-refractivity contribution in [2.24, 2.45) is 0 Å². The summed E-state index contributed by atoms with van der Waals surface area (Å²) in [5.74, 6) is 0.240. The number of alkyl halides is 2. The van der Waals surface area contributed by atoms with Crippen molar-refractivity contribution in [3.05, 3.63) is 20.3 Å². The summed E-state index contributed by atoms with van der Waals surface area (Å²) in [7, 11) is 0. The molecule has 18 heavy (non-hydrogen) atoms. The molecular weight excluding hydrogens is 497 g/mol. The second-order valence-corrected chi connectivity index (χ2v) is 8.54. The Hall–Kier alpha value is 1.19. The van der Waals surface area contributed by atoms with E-state index in [1.807, 2.05) is 0 Å². The Labute approximate surface area is 147 Å². The molecule has 5 heteroatoms. The summed E-state index contributed by atoms with van der Waals surface area (Å²) in [6.45, 7) is 7.60. The number of halogens is 4. The second-order valence-electron chi connectivity index (χ2n) is 4.25. The smallest absolute Gasteiger partial charge is 0.133 e. The standard InChI is InChI=1S/C13H18Cl2I2O/c1-9(16)7-11(14)3-5-13(18)6-4-12(15)8-10(2)17/h11-12H,1-8H2. The van der Waals surface area contributed by atoms with Crippen LogP contribution in [0.15, 0.2) is 20.3 Å². The number of carbonyl (C=O) groups is 1. The predicted molar refractivity (Wildman–Crippen MR) is 98.3 cm³/mol. The van der Waals surface area contributed by atoms with E-state index >= 15 is 0 Å². The molecule has 0 spiro atoms. The first-order valence-electron chi connectivity index (χ1n) is 5.77. The summed E-state index contributed by atoms with van der Waals surface area (Å²) in [6.07, 6.45) is 4.03. The molecule has 0 heterocycles. The van der Waals surface area contributed by atoms with Crippen LogP contribution < -0.4 is 0 Å². The summed E-state index contributed by atoms with van der Waals surface area (Å²) >= 11 is 16.5. The molecule has 0 fully saturated rings. The van der Waals surface area contributed by atoms with Gasteiger partial charge < -0.3 is 0 Å². The van der Waals surface area contributed by atoms with E-state index in [0.29, 0.717) is 25.7 Å². The molecule has 104 valence electrons. The van der Waals surface area contributed by atoms with Crippen LogP contribution in [0.5, 0.6) is 0 Å². The molecule has 0 aromatic rings. The van der Waals surface area contributed by atoms with Crippen molar-refractivity contribution in [3.63, 3.8) is 0 Å². The highest BCUT2D eigenvalue weighted by molar-refractivity contribution is 14.1. The molecule has 0 aromatic carbocycles. The first-order chi connectivity index (χ1) is 8.31. The molecule has 0 radical (unpaired) electrons. The molecule has 0 bridgehead atoms. The van der Waals surface area contributed by atoms with Gasteiger partial charge in [0.2, 0.25) is 0 Å². The van der Waals surface area contributed by atoms with E-state index in [0.717, 1.165) is 20.0 Å². The van der Waals surface area contributed by atoms with Crippen molar-refractivity contribution in [1.29, 1.82) is 0 Å². The maximum atomic E-state index is 11.7. The van der Waals surface area contributed by atoms with E-state index in [9.17, 15) is 4.79 Å².